The molecule has 78 valence electrons. The van der Waals surface area contributed by atoms with E-state index in [0.717, 1.165) is 13.1 Å². The van der Waals surface area contributed by atoms with Crippen LogP contribution in [0.1, 0.15) is 20.3 Å². The fourth-order valence-corrected chi connectivity index (χ4v) is 0.808. The Hall–Kier alpha value is -0.610. The predicted octanol–water partition coefficient (Wildman–Crippen LogP) is 0.137. The van der Waals surface area contributed by atoms with Crippen molar-refractivity contribution in [2.45, 2.75) is 26.4 Å². The quantitative estimate of drug-likeness (QED) is 0.559. The van der Waals surface area contributed by atoms with Crippen molar-refractivity contribution in [3.8, 4) is 0 Å². The Labute approximate surface area is 80.0 Å². The van der Waals surface area contributed by atoms with Crippen LogP contribution < -0.4 is 10.6 Å². The molecule has 0 aliphatic carbocycles. The third-order valence-electron chi connectivity index (χ3n) is 1.77. The molecule has 2 N–H and O–H groups in total. The molecule has 4 nitrogen and oxygen atoms in total. The van der Waals surface area contributed by atoms with E-state index in [1.807, 2.05) is 13.8 Å². The first kappa shape index (κ1) is 12.4. The molecule has 0 saturated carbocycles. The van der Waals surface area contributed by atoms with Gasteiger partial charge in [0, 0.05) is 26.6 Å². The standard InChI is InChI=1S/C9H20N2O2/c1-4-10-6-5-9(12)11-7-8(2)13-3/h8,10H,4-7H2,1-3H3,(H,11,12). The minimum atomic E-state index is 0.0739. The van der Waals surface area contributed by atoms with Crippen molar-refractivity contribution in [2.24, 2.45) is 0 Å². The Bertz CT molecular complexity index is 140. The van der Waals surface area contributed by atoms with Gasteiger partial charge in [0.25, 0.3) is 0 Å². The lowest BCUT2D eigenvalue weighted by Gasteiger charge is -2.10. The van der Waals surface area contributed by atoms with Crippen molar-refractivity contribution < 1.29 is 9.53 Å². The number of hydrogen-bond acceptors (Lipinski definition) is 3. The maximum Gasteiger partial charge on any atom is 0.221 e. The number of carbonyl (C=O) groups excluding carboxylic acids is 1. The SMILES string of the molecule is CCNCCC(=O)NCC(C)OC. The van der Waals surface area contributed by atoms with Crippen molar-refractivity contribution in [3.63, 3.8) is 0 Å². The van der Waals surface area contributed by atoms with Crippen LogP contribution in [0.2, 0.25) is 0 Å². The lowest BCUT2D eigenvalue weighted by atomic mass is 10.3. The third-order valence-corrected chi connectivity index (χ3v) is 1.77. The second-order valence-electron chi connectivity index (χ2n) is 2.95. The van der Waals surface area contributed by atoms with Gasteiger partial charge >= 0.3 is 0 Å². The molecule has 0 aromatic rings. The van der Waals surface area contributed by atoms with Gasteiger partial charge in [-0.25, -0.2) is 0 Å². The van der Waals surface area contributed by atoms with E-state index in [0.29, 0.717) is 13.0 Å². The van der Waals surface area contributed by atoms with Gasteiger partial charge < -0.3 is 15.4 Å². The highest BCUT2D eigenvalue weighted by atomic mass is 16.5. The van der Waals surface area contributed by atoms with Crippen molar-refractivity contribution in [2.75, 3.05) is 26.7 Å². The number of hydrogen-bond donors (Lipinski definition) is 2. The zero-order valence-electron chi connectivity index (χ0n) is 8.72. The zero-order chi connectivity index (χ0) is 10.1. The molecule has 0 aliphatic rings. The van der Waals surface area contributed by atoms with Crippen molar-refractivity contribution in [1.82, 2.24) is 10.6 Å². The molecule has 0 aromatic carbocycles. The monoisotopic (exact) mass is 188 g/mol. The molecule has 1 amide bonds. The van der Waals surface area contributed by atoms with Gasteiger partial charge in [-0.15, -0.1) is 0 Å². The summed E-state index contributed by atoms with van der Waals surface area (Å²) in [7, 11) is 1.63. The van der Waals surface area contributed by atoms with Gasteiger partial charge in [0.05, 0.1) is 6.10 Å². The summed E-state index contributed by atoms with van der Waals surface area (Å²) in [6.45, 7) is 6.17. The Morgan fingerprint density at radius 1 is 1.54 bits per heavy atom. The number of methoxy groups -OCH3 is 1. The smallest absolute Gasteiger partial charge is 0.221 e. The van der Waals surface area contributed by atoms with Gasteiger partial charge in [-0.1, -0.05) is 6.92 Å². The van der Waals surface area contributed by atoms with Crippen LogP contribution >= 0.6 is 0 Å². The topological polar surface area (TPSA) is 50.4 Å². The molecule has 0 aliphatic heterocycles. The van der Waals surface area contributed by atoms with Crippen molar-refractivity contribution >= 4 is 5.91 Å². The largest absolute Gasteiger partial charge is 0.380 e. The van der Waals surface area contributed by atoms with E-state index < -0.39 is 0 Å². The molecule has 0 radical (unpaired) electrons. The number of nitrogens with one attached hydrogen (secondary N) is 2. The van der Waals surface area contributed by atoms with Crippen molar-refractivity contribution in [1.29, 1.82) is 0 Å². The molecular weight excluding hydrogens is 168 g/mol. The maximum atomic E-state index is 11.1. The first-order valence-corrected chi connectivity index (χ1v) is 4.70. The average molecular weight is 188 g/mol. The Morgan fingerprint density at radius 2 is 2.23 bits per heavy atom. The van der Waals surface area contributed by atoms with Crippen LogP contribution in [0.3, 0.4) is 0 Å². The van der Waals surface area contributed by atoms with E-state index in [4.69, 9.17) is 4.74 Å². The van der Waals surface area contributed by atoms with Gasteiger partial charge in [0.15, 0.2) is 0 Å². The minimum Gasteiger partial charge on any atom is -0.380 e. The van der Waals surface area contributed by atoms with E-state index in [1.165, 1.54) is 0 Å². The molecule has 1 unspecified atom stereocenters. The van der Waals surface area contributed by atoms with Crippen molar-refractivity contribution in [3.05, 3.63) is 0 Å². The molecule has 0 rings (SSSR count). The minimum absolute atomic E-state index is 0.0739. The van der Waals surface area contributed by atoms with Gasteiger partial charge in [0.1, 0.15) is 0 Å². The number of carbonyl (C=O) groups is 1. The second kappa shape index (κ2) is 8.01. The summed E-state index contributed by atoms with van der Waals surface area (Å²) in [6.07, 6.45) is 0.618. The molecule has 1 atom stereocenters. The average Bonchev–Trinajstić information content (AvgIpc) is 2.14. The van der Waals surface area contributed by atoms with E-state index >= 15 is 0 Å². The van der Waals surface area contributed by atoms with Crippen LogP contribution in [0.25, 0.3) is 0 Å². The Kier molecular flexibility index (Phi) is 7.63. The molecular formula is C9H20N2O2. The Morgan fingerprint density at radius 3 is 2.77 bits per heavy atom. The third kappa shape index (κ3) is 7.74. The van der Waals surface area contributed by atoms with Gasteiger partial charge in [-0.3, -0.25) is 4.79 Å². The first-order valence-electron chi connectivity index (χ1n) is 4.70. The lowest BCUT2D eigenvalue weighted by Crippen LogP contribution is -2.33. The maximum absolute atomic E-state index is 11.1. The number of ether oxygens (including phenoxy) is 1. The highest BCUT2D eigenvalue weighted by Gasteiger charge is 2.02. The summed E-state index contributed by atoms with van der Waals surface area (Å²) in [5.74, 6) is 0.0739. The summed E-state index contributed by atoms with van der Waals surface area (Å²) in [5, 5.41) is 5.88. The molecule has 0 fully saturated rings. The van der Waals surface area contributed by atoms with E-state index in [-0.39, 0.29) is 12.0 Å². The van der Waals surface area contributed by atoms with Crippen LogP contribution in [0, 0.1) is 0 Å². The second-order valence-corrected chi connectivity index (χ2v) is 2.95. The van der Waals surface area contributed by atoms with Crippen LogP contribution in [0.15, 0.2) is 0 Å². The summed E-state index contributed by atoms with van der Waals surface area (Å²) in [4.78, 5) is 11.1. The summed E-state index contributed by atoms with van der Waals surface area (Å²) in [6, 6.07) is 0. The number of amides is 1. The molecule has 0 spiro atoms. The number of rotatable bonds is 7. The van der Waals surface area contributed by atoms with Gasteiger partial charge in [0.2, 0.25) is 5.91 Å². The van der Waals surface area contributed by atoms with Crippen LogP contribution in [-0.4, -0.2) is 38.8 Å². The van der Waals surface area contributed by atoms with E-state index in [1.54, 1.807) is 7.11 Å². The fraction of sp³-hybridized carbons (Fsp3) is 0.889. The normalized spacial score (nSPS) is 12.5. The predicted molar refractivity (Wildman–Crippen MR) is 52.6 cm³/mol. The molecule has 0 bridgehead atoms. The molecule has 0 saturated heterocycles. The van der Waals surface area contributed by atoms with Gasteiger partial charge in [-0.2, -0.15) is 0 Å². The zero-order valence-corrected chi connectivity index (χ0v) is 8.72. The summed E-state index contributed by atoms with van der Waals surface area (Å²) < 4.78 is 5.00. The Balaban J connectivity index is 3.30. The summed E-state index contributed by atoms with van der Waals surface area (Å²) >= 11 is 0. The van der Waals surface area contributed by atoms with Crippen LogP contribution in [0.5, 0.6) is 0 Å². The van der Waals surface area contributed by atoms with E-state index in [9.17, 15) is 4.79 Å². The highest BCUT2D eigenvalue weighted by Crippen LogP contribution is 1.84. The molecule has 0 heterocycles. The van der Waals surface area contributed by atoms with Crippen LogP contribution in [-0.2, 0) is 9.53 Å². The molecule has 4 heteroatoms. The first-order chi connectivity index (χ1) is 6.20. The van der Waals surface area contributed by atoms with E-state index in [2.05, 4.69) is 10.6 Å². The fourth-order valence-electron chi connectivity index (χ4n) is 0.808. The van der Waals surface area contributed by atoms with Crippen LogP contribution in [0.4, 0.5) is 0 Å². The van der Waals surface area contributed by atoms with Gasteiger partial charge in [-0.05, 0) is 13.5 Å². The molecule has 0 aromatic heterocycles. The highest BCUT2D eigenvalue weighted by molar-refractivity contribution is 5.76. The summed E-state index contributed by atoms with van der Waals surface area (Å²) in [5.41, 5.74) is 0. The molecule has 13 heavy (non-hydrogen) atoms. The lowest BCUT2D eigenvalue weighted by molar-refractivity contribution is -0.121.